The largest absolute Gasteiger partial charge is 0.488 e. The number of fused-ring (bicyclic) bond motifs is 1. The molecule has 1 aliphatic rings. The fourth-order valence-corrected chi connectivity index (χ4v) is 2.93. The molecule has 1 heterocycles. The quantitative estimate of drug-likeness (QED) is 0.873. The smallest absolute Gasteiger partial charge is 0.123 e. The van der Waals surface area contributed by atoms with Gasteiger partial charge in [-0.3, -0.25) is 0 Å². The Hall–Kier alpha value is -1.80. The van der Waals surface area contributed by atoms with Crippen molar-refractivity contribution in [1.82, 2.24) is 5.32 Å². The van der Waals surface area contributed by atoms with Gasteiger partial charge in [0.1, 0.15) is 11.9 Å². The van der Waals surface area contributed by atoms with Crippen molar-refractivity contribution >= 4 is 0 Å². The molecule has 0 saturated heterocycles. The molecule has 0 aliphatic carbocycles. The summed E-state index contributed by atoms with van der Waals surface area (Å²) in [7, 11) is 0. The molecule has 0 bridgehead atoms. The van der Waals surface area contributed by atoms with Crippen LogP contribution in [0.1, 0.15) is 24.5 Å². The highest BCUT2D eigenvalue weighted by Crippen LogP contribution is 2.27. The van der Waals surface area contributed by atoms with Gasteiger partial charge in [0.2, 0.25) is 0 Å². The molecule has 0 spiro atoms. The van der Waals surface area contributed by atoms with E-state index in [1.807, 2.05) is 6.07 Å². The second-order valence-corrected chi connectivity index (χ2v) is 5.75. The Morgan fingerprint density at radius 1 is 1.10 bits per heavy atom. The maximum Gasteiger partial charge on any atom is 0.123 e. The molecule has 2 aromatic carbocycles. The van der Waals surface area contributed by atoms with E-state index in [0.29, 0.717) is 6.04 Å². The lowest BCUT2D eigenvalue weighted by Gasteiger charge is -2.20. The van der Waals surface area contributed by atoms with E-state index in [9.17, 15) is 0 Å². The highest BCUT2D eigenvalue weighted by Gasteiger charge is 2.22. The Kier molecular flexibility index (Phi) is 4.56. The van der Waals surface area contributed by atoms with E-state index < -0.39 is 0 Å². The lowest BCUT2D eigenvalue weighted by Crippen LogP contribution is -2.38. The lowest BCUT2D eigenvalue weighted by molar-refractivity contribution is 0.220. The molecule has 0 aromatic heterocycles. The van der Waals surface area contributed by atoms with Gasteiger partial charge in [0, 0.05) is 19.0 Å². The monoisotopic (exact) mass is 281 g/mol. The van der Waals surface area contributed by atoms with Crippen LogP contribution in [-0.2, 0) is 12.8 Å². The highest BCUT2D eigenvalue weighted by atomic mass is 16.5. The zero-order chi connectivity index (χ0) is 14.5. The first-order valence-electron chi connectivity index (χ1n) is 7.87. The zero-order valence-corrected chi connectivity index (χ0v) is 12.6. The molecule has 2 atom stereocenters. The molecule has 0 radical (unpaired) electrons. The molecule has 3 rings (SSSR count). The summed E-state index contributed by atoms with van der Waals surface area (Å²) >= 11 is 0. The van der Waals surface area contributed by atoms with Crippen molar-refractivity contribution < 1.29 is 4.74 Å². The predicted octanol–water partition coefficient (Wildman–Crippen LogP) is 3.60. The molecule has 2 nitrogen and oxygen atoms in total. The lowest BCUT2D eigenvalue weighted by atomic mass is 10.0. The summed E-state index contributed by atoms with van der Waals surface area (Å²) in [5.41, 5.74) is 2.73. The number of nitrogens with one attached hydrogen (secondary N) is 1. The summed E-state index contributed by atoms with van der Waals surface area (Å²) in [5, 5.41) is 3.67. The summed E-state index contributed by atoms with van der Waals surface area (Å²) in [4.78, 5) is 0. The minimum absolute atomic E-state index is 0.271. The molecule has 0 amide bonds. The molecule has 0 fully saturated rings. The number of para-hydroxylation sites is 1. The predicted molar refractivity (Wildman–Crippen MR) is 86.8 cm³/mol. The van der Waals surface area contributed by atoms with Gasteiger partial charge in [0.15, 0.2) is 0 Å². The first kappa shape index (κ1) is 14.2. The molecule has 2 unspecified atom stereocenters. The van der Waals surface area contributed by atoms with Crippen molar-refractivity contribution in [1.29, 1.82) is 0 Å². The van der Waals surface area contributed by atoms with Gasteiger partial charge < -0.3 is 10.1 Å². The van der Waals surface area contributed by atoms with Crippen LogP contribution >= 0.6 is 0 Å². The third-order valence-corrected chi connectivity index (χ3v) is 4.17. The number of benzene rings is 2. The first-order valence-corrected chi connectivity index (χ1v) is 7.87. The fourth-order valence-electron chi connectivity index (χ4n) is 2.93. The van der Waals surface area contributed by atoms with Gasteiger partial charge in [-0.2, -0.15) is 0 Å². The van der Waals surface area contributed by atoms with Crippen LogP contribution in [0.4, 0.5) is 0 Å². The van der Waals surface area contributed by atoms with Crippen LogP contribution in [0.2, 0.25) is 0 Å². The van der Waals surface area contributed by atoms with Crippen LogP contribution in [0, 0.1) is 0 Å². The normalized spacial score (nSPS) is 18.0. The van der Waals surface area contributed by atoms with E-state index in [-0.39, 0.29) is 6.10 Å². The molecule has 21 heavy (non-hydrogen) atoms. The van der Waals surface area contributed by atoms with Crippen molar-refractivity contribution in [2.45, 2.75) is 38.3 Å². The van der Waals surface area contributed by atoms with E-state index >= 15 is 0 Å². The Morgan fingerprint density at radius 3 is 2.62 bits per heavy atom. The van der Waals surface area contributed by atoms with Crippen molar-refractivity contribution in [3.8, 4) is 5.75 Å². The van der Waals surface area contributed by atoms with E-state index in [1.165, 1.54) is 11.1 Å². The molecule has 1 aliphatic heterocycles. The Balaban J connectivity index is 1.50. The second kappa shape index (κ2) is 6.77. The third kappa shape index (κ3) is 3.64. The number of ether oxygens (including phenoxy) is 1. The van der Waals surface area contributed by atoms with Crippen molar-refractivity contribution in [2.75, 3.05) is 6.54 Å². The summed E-state index contributed by atoms with van der Waals surface area (Å²) in [6.45, 7) is 3.16. The van der Waals surface area contributed by atoms with Crippen LogP contribution in [0.5, 0.6) is 5.75 Å². The van der Waals surface area contributed by atoms with E-state index in [4.69, 9.17) is 4.74 Å². The Morgan fingerprint density at radius 2 is 1.86 bits per heavy atom. The number of hydrogen-bond donors (Lipinski definition) is 1. The topological polar surface area (TPSA) is 21.3 Å². The van der Waals surface area contributed by atoms with Crippen LogP contribution in [0.3, 0.4) is 0 Å². The molecule has 110 valence electrons. The molecular weight excluding hydrogens is 258 g/mol. The number of rotatable bonds is 6. The standard InChI is InChI=1S/C19H23NO/c1-2-17(12-15-8-4-3-5-9-15)20-14-18-13-16-10-6-7-11-19(16)21-18/h3-11,17-18,20H,2,12-14H2,1H3. The Labute approximate surface area is 127 Å². The summed E-state index contributed by atoms with van der Waals surface area (Å²) in [6.07, 6.45) is 3.50. The molecule has 2 aromatic rings. The minimum atomic E-state index is 0.271. The molecular formula is C19H23NO. The number of hydrogen-bond acceptors (Lipinski definition) is 2. The zero-order valence-electron chi connectivity index (χ0n) is 12.6. The summed E-state index contributed by atoms with van der Waals surface area (Å²) < 4.78 is 5.99. The van der Waals surface area contributed by atoms with Gasteiger partial charge >= 0.3 is 0 Å². The molecule has 1 N–H and O–H groups in total. The fraction of sp³-hybridized carbons (Fsp3) is 0.368. The van der Waals surface area contributed by atoms with E-state index in [1.54, 1.807) is 0 Å². The van der Waals surface area contributed by atoms with E-state index in [0.717, 1.165) is 31.6 Å². The second-order valence-electron chi connectivity index (χ2n) is 5.75. The minimum Gasteiger partial charge on any atom is -0.488 e. The van der Waals surface area contributed by atoms with Crippen molar-refractivity contribution in [2.24, 2.45) is 0 Å². The first-order chi connectivity index (χ1) is 10.3. The van der Waals surface area contributed by atoms with Gasteiger partial charge in [-0.25, -0.2) is 0 Å². The van der Waals surface area contributed by atoms with Crippen LogP contribution in [-0.4, -0.2) is 18.7 Å². The van der Waals surface area contributed by atoms with Gasteiger partial charge in [-0.1, -0.05) is 55.5 Å². The van der Waals surface area contributed by atoms with Gasteiger partial charge in [-0.05, 0) is 30.0 Å². The molecule has 0 saturated carbocycles. The highest BCUT2D eigenvalue weighted by molar-refractivity contribution is 5.37. The SMILES string of the molecule is CCC(Cc1ccccc1)NCC1Cc2ccccc2O1. The van der Waals surface area contributed by atoms with Crippen molar-refractivity contribution in [3.63, 3.8) is 0 Å². The summed E-state index contributed by atoms with van der Waals surface area (Å²) in [5.74, 6) is 1.06. The van der Waals surface area contributed by atoms with Gasteiger partial charge in [0.05, 0.1) is 0 Å². The molecule has 2 heteroatoms. The van der Waals surface area contributed by atoms with Gasteiger partial charge in [0.25, 0.3) is 0 Å². The van der Waals surface area contributed by atoms with E-state index in [2.05, 4.69) is 60.8 Å². The van der Waals surface area contributed by atoms with Crippen LogP contribution < -0.4 is 10.1 Å². The maximum absolute atomic E-state index is 5.99. The maximum atomic E-state index is 5.99. The van der Waals surface area contributed by atoms with Crippen LogP contribution in [0.15, 0.2) is 54.6 Å². The average molecular weight is 281 g/mol. The third-order valence-electron chi connectivity index (χ3n) is 4.17. The van der Waals surface area contributed by atoms with Gasteiger partial charge in [-0.15, -0.1) is 0 Å². The van der Waals surface area contributed by atoms with Crippen LogP contribution in [0.25, 0.3) is 0 Å². The van der Waals surface area contributed by atoms with Crippen molar-refractivity contribution in [3.05, 3.63) is 65.7 Å². The Bertz CT molecular complexity index is 542. The summed E-state index contributed by atoms with van der Waals surface area (Å²) in [6, 6.07) is 19.6. The average Bonchev–Trinajstić information content (AvgIpc) is 2.95.